The molecule has 0 spiro atoms. The fourth-order valence-electron chi connectivity index (χ4n) is 1.59. The zero-order chi connectivity index (χ0) is 13.7. The molecule has 0 atom stereocenters. The molecule has 0 saturated carbocycles. The largest absolute Gasteiger partial charge is 0.481 e. The van der Waals surface area contributed by atoms with Gasteiger partial charge in [0.2, 0.25) is 5.88 Å². The molecule has 19 heavy (non-hydrogen) atoms. The van der Waals surface area contributed by atoms with Crippen molar-refractivity contribution in [2.24, 2.45) is 0 Å². The van der Waals surface area contributed by atoms with E-state index in [2.05, 4.69) is 20.3 Å². The number of pyridine rings is 1. The summed E-state index contributed by atoms with van der Waals surface area (Å²) in [6.45, 7) is 2.49. The van der Waals surface area contributed by atoms with Gasteiger partial charge in [-0.3, -0.25) is 4.79 Å². The number of methoxy groups -OCH3 is 1. The van der Waals surface area contributed by atoms with Crippen molar-refractivity contribution in [1.82, 2.24) is 15.0 Å². The number of hydrogen-bond donors (Lipinski definition) is 2. The van der Waals surface area contributed by atoms with Gasteiger partial charge >= 0.3 is 0 Å². The molecule has 0 bridgehead atoms. The second-order valence-corrected chi connectivity index (χ2v) is 3.99. The molecule has 2 aromatic rings. The van der Waals surface area contributed by atoms with Crippen LogP contribution in [-0.4, -0.2) is 22.1 Å². The number of rotatable bonds is 5. The van der Waals surface area contributed by atoms with Crippen LogP contribution in [-0.2, 0) is 13.0 Å². The first-order valence-electron chi connectivity index (χ1n) is 6.04. The third kappa shape index (κ3) is 3.54. The number of hydrogen-bond acceptors (Lipinski definition) is 5. The lowest BCUT2D eigenvalue weighted by atomic mass is 10.3. The number of aromatic amines is 1. The van der Waals surface area contributed by atoms with E-state index in [-0.39, 0.29) is 5.56 Å². The van der Waals surface area contributed by atoms with Crippen LogP contribution in [0, 0.1) is 0 Å². The van der Waals surface area contributed by atoms with Crippen LogP contribution in [0.2, 0.25) is 0 Å². The van der Waals surface area contributed by atoms with Gasteiger partial charge in [-0.2, -0.15) is 0 Å². The van der Waals surface area contributed by atoms with Gasteiger partial charge in [0.25, 0.3) is 5.56 Å². The molecular formula is C13H16N4O2. The monoisotopic (exact) mass is 260 g/mol. The molecule has 2 N–H and O–H groups in total. The number of aromatic nitrogens is 3. The van der Waals surface area contributed by atoms with Gasteiger partial charge in [0, 0.05) is 31.3 Å². The van der Waals surface area contributed by atoms with Crippen molar-refractivity contribution in [3.8, 4) is 5.88 Å². The van der Waals surface area contributed by atoms with Crippen molar-refractivity contribution in [3.05, 3.63) is 46.1 Å². The number of nitrogens with zero attached hydrogens (tertiary/aromatic N) is 2. The summed E-state index contributed by atoms with van der Waals surface area (Å²) in [5.41, 5.74) is 0.836. The van der Waals surface area contributed by atoms with Gasteiger partial charge in [0.1, 0.15) is 11.6 Å². The molecule has 6 heteroatoms. The van der Waals surface area contributed by atoms with E-state index in [1.807, 2.05) is 13.0 Å². The van der Waals surface area contributed by atoms with E-state index in [1.165, 1.54) is 6.07 Å². The summed E-state index contributed by atoms with van der Waals surface area (Å²) in [6.07, 6.45) is 2.41. The van der Waals surface area contributed by atoms with Crippen LogP contribution in [0.3, 0.4) is 0 Å². The van der Waals surface area contributed by atoms with Crippen LogP contribution >= 0.6 is 0 Å². The Labute approximate surface area is 110 Å². The molecular weight excluding hydrogens is 244 g/mol. The van der Waals surface area contributed by atoms with Gasteiger partial charge in [-0.15, -0.1) is 0 Å². The van der Waals surface area contributed by atoms with Crippen LogP contribution in [0.15, 0.2) is 29.2 Å². The molecule has 0 aliphatic rings. The van der Waals surface area contributed by atoms with Crippen molar-refractivity contribution >= 4 is 5.82 Å². The Bertz CT molecular complexity index is 592. The van der Waals surface area contributed by atoms with E-state index in [9.17, 15) is 4.79 Å². The molecule has 6 nitrogen and oxygen atoms in total. The van der Waals surface area contributed by atoms with Crippen molar-refractivity contribution in [3.63, 3.8) is 0 Å². The molecule has 0 saturated heterocycles. The Kier molecular flexibility index (Phi) is 4.12. The molecule has 0 amide bonds. The zero-order valence-electron chi connectivity index (χ0n) is 10.9. The molecule has 100 valence electrons. The average Bonchev–Trinajstić information content (AvgIpc) is 2.45. The van der Waals surface area contributed by atoms with Gasteiger partial charge in [0.15, 0.2) is 0 Å². The van der Waals surface area contributed by atoms with Crippen molar-refractivity contribution in [1.29, 1.82) is 0 Å². The first-order valence-corrected chi connectivity index (χ1v) is 6.04. The average molecular weight is 260 g/mol. The summed E-state index contributed by atoms with van der Waals surface area (Å²) < 4.78 is 4.99. The SMILES string of the molecule is CCc1nc(NCc2ccc(OC)nc2)cc(=O)[nH]1. The Balaban J connectivity index is 2.05. The molecule has 0 radical (unpaired) electrons. The second kappa shape index (κ2) is 5.99. The third-order valence-corrected chi connectivity index (χ3v) is 2.61. The van der Waals surface area contributed by atoms with E-state index in [0.29, 0.717) is 30.5 Å². The van der Waals surface area contributed by atoms with Gasteiger partial charge in [-0.1, -0.05) is 13.0 Å². The molecule has 0 aliphatic heterocycles. The summed E-state index contributed by atoms with van der Waals surface area (Å²) in [5, 5.41) is 3.10. The quantitative estimate of drug-likeness (QED) is 0.848. The van der Waals surface area contributed by atoms with Crippen LogP contribution < -0.4 is 15.6 Å². The van der Waals surface area contributed by atoms with Crippen LogP contribution in [0.1, 0.15) is 18.3 Å². The Morgan fingerprint density at radius 1 is 1.42 bits per heavy atom. The summed E-state index contributed by atoms with van der Waals surface area (Å²) >= 11 is 0. The maximum Gasteiger partial charge on any atom is 0.252 e. The molecule has 0 aromatic carbocycles. The van der Waals surface area contributed by atoms with E-state index in [1.54, 1.807) is 19.4 Å². The van der Waals surface area contributed by atoms with Gasteiger partial charge in [0.05, 0.1) is 7.11 Å². The number of ether oxygens (including phenoxy) is 1. The fourth-order valence-corrected chi connectivity index (χ4v) is 1.59. The smallest absolute Gasteiger partial charge is 0.252 e. The first kappa shape index (κ1) is 13.1. The minimum absolute atomic E-state index is 0.151. The van der Waals surface area contributed by atoms with Gasteiger partial charge in [-0.05, 0) is 5.56 Å². The molecule has 0 aliphatic carbocycles. The maximum absolute atomic E-state index is 11.4. The highest BCUT2D eigenvalue weighted by atomic mass is 16.5. The Morgan fingerprint density at radius 2 is 2.26 bits per heavy atom. The zero-order valence-corrected chi connectivity index (χ0v) is 10.9. The maximum atomic E-state index is 11.4. The molecule has 2 rings (SSSR count). The van der Waals surface area contributed by atoms with Crippen molar-refractivity contribution in [2.75, 3.05) is 12.4 Å². The number of aryl methyl sites for hydroxylation is 1. The highest BCUT2D eigenvalue weighted by Gasteiger charge is 2.00. The van der Waals surface area contributed by atoms with Crippen molar-refractivity contribution in [2.45, 2.75) is 19.9 Å². The minimum atomic E-state index is -0.151. The highest BCUT2D eigenvalue weighted by Crippen LogP contribution is 2.08. The van der Waals surface area contributed by atoms with E-state index >= 15 is 0 Å². The van der Waals surface area contributed by atoms with E-state index in [0.717, 1.165) is 5.56 Å². The fraction of sp³-hybridized carbons (Fsp3) is 0.308. The summed E-state index contributed by atoms with van der Waals surface area (Å²) in [4.78, 5) is 22.5. The van der Waals surface area contributed by atoms with Crippen LogP contribution in [0.4, 0.5) is 5.82 Å². The molecule has 2 heterocycles. The lowest BCUT2D eigenvalue weighted by Crippen LogP contribution is -2.13. The molecule has 2 aromatic heterocycles. The van der Waals surface area contributed by atoms with Gasteiger partial charge < -0.3 is 15.0 Å². The first-order chi connectivity index (χ1) is 9.21. The Morgan fingerprint density at radius 3 is 2.89 bits per heavy atom. The predicted octanol–water partition coefficient (Wildman–Crippen LogP) is 1.35. The minimum Gasteiger partial charge on any atom is -0.481 e. The van der Waals surface area contributed by atoms with Gasteiger partial charge in [-0.25, -0.2) is 9.97 Å². The van der Waals surface area contributed by atoms with Crippen molar-refractivity contribution < 1.29 is 4.74 Å². The van der Waals surface area contributed by atoms with E-state index < -0.39 is 0 Å². The summed E-state index contributed by atoms with van der Waals surface area (Å²) in [5.74, 6) is 1.81. The molecule has 0 fully saturated rings. The lowest BCUT2D eigenvalue weighted by Gasteiger charge is -2.07. The lowest BCUT2D eigenvalue weighted by molar-refractivity contribution is 0.397. The summed E-state index contributed by atoms with van der Waals surface area (Å²) in [6, 6.07) is 5.14. The number of nitrogens with one attached hydrogen (secondary N) is 2. The third-order valence-electron chi connectivity index (χ3n) is 2.61. The highest BCUT2D eigenvalue weighted by molar-refractivity contribution is 5.34. The van der Waals surface area contributed by atoms with E-state index in [4.69, 9.17) is 4.74 Å². The predicted molar refractivity (Wildman–Crippen MR) is 72.4 cm³/mol. The standard InChI is InChI=1S/C13H16N4O2/c1-3-10-16-11(6-12(18)17-10)14-7-9-4-5-13(19-2)15-8-9/h4-6,8H,3,7H2,1-2H3,(H2,14,16,17,18). The van der Waals surface area contributed by atoms with Crippen LogP contribution in [0.5, 0.6) is 5.88 Å². The normalized spacial score (nSPS) is 10.2. The Hall–Kier alpha value is -2.37. The number of H-pyrrole nitrogens is 1. The van der Waals surface area contributed by atoms with Crippen LogP contribution in [0.25, 0.3) is 0 Å². The number of anilines is 1. The second-order valence-electron chi connectivity index (χ2n) is 3.99. The topological polar surface area (TPSA) is 79.9 Å². The molecule has 0 unspecified atom stereocenters. The summed E-state index contributed by atoms with van der Waals surface area (Å²) in [7, 11) is 1.58.